The Kier molecular flexibility index (Phi) is 4.19. The molecule has 114 valence electrons. The van der Waals surface area contributed by atoms with Crippen molar-refractivity contribution in [3.8, 4) is 0 Å². The molecule has 2 aliphatic heterocycles. The van der Waals surface area contributed by atoms with Crippen molar-refractivity contribution in [3.05, 3.63) is 35.6 Å². The highest BCUT2D eigenvalue weighted by Gasteiger charge is 2.41. The van der Waals surface area contributed by atoms with Crippen molar-refractivity contribution in [2.24, 2.45) is 5.92 Å². The van der Waals surface area contributed by atoms with Gasteiger partial charge >= 0.3 is 5.97 Å². The number of nitrogens with zero attached hydrogens (tertiary/aromatic N) is 1. The van der Waals surface area contributed by atoms with Crippen molar-refractivity contribution in [1.82, 2.24) is 15.8 Å². The van der Waals surface area contributed by atoms with E-state index < -0.39 is 5.97 Å². The summed E-state index contributed by atoms with van der Waals surface area (Å²) in [5.74, 6) is -0.713. The molecule has 0 bridgehead atoms. The number of carbonyl (C=O) groups is 1. The number of carboxylic acids is 1. The van der Waals surface area contributed by atoms with Crippen LogP contribution in [-0.4, -0.2) is 41.7 Å². The Balaban J connectivity index is 1.71. The van der Waals surface area contributed by atoms with E-state index in [2.05, 4.69) is 15.8 Å². The topological polar surface area (TPSA) is 64.6 Å². The van der Waals surface area contributed by atoms with Crippen LogP contribution < -0.4 is 10.9 Å². The molecule has 0 radical (unpaired) electrons. The van der Waals surface area contributed by atoms with Crippen molar-refractivity contribution < 1.29 is 14.3 Å². The number of rotatable bonds is 4. The lowest BCUT2D eigenvalue weighted by Crippen LogP contribution is -2.46. The third kappa shape index (κ3) is 3.07. The standard InChI is InChI=1S/C15H20FN3O2/c16-12-4-2-1-3-10(12)15-11-9-19(8-6-14(20)21)7-5-13(11)17-18-15/h1-4,11,13,15,17-18H,5-9H2,(H,20,21). The van der Waals surface area contributed by atoms with Crippen molar-refractivity contribution in [2.45, 2.75) is 24.9 Å². The van der Waals surface area contributed by atoms with Crippen LogP contribution in [0, 0.1) is 11.7 Å². The Hall–Kier alpha value is -1.50. The molecule has 21 heavy (non-hydrogen) atoms. The number of piperidine rings is 1. The van der Waals surface area contributed by atoms with Crippen LogP contribution in [0.4, 0.5) is 4.39 Å². The summed E-state index contributed by atoms with van der Waals surface area (Å²) in [4.78, 5) is 12.9. The van der Waals surface area contributed by atoms with Crippen molar-refractivity contribution >= 4 is 5.97 Å². The lowest BCUT2D eigenvalue weighted by atomic mass is 9.85. The smallest absolute Gasteiger partial charge is 0.304 e. The lowest BCUT2D eigenvalue weighted by molar-refractivity contribution is -0.137. The van der Waals surface area contributed by atoms with E-state index in [-0.39, 0.29) is 24.2 Å². The minimum Gasteiger partial charge on any atom is -0.481 e. The number of likely N-dealkylation sites (tertiary alicyclic amines) is 1. The van der Waals surface area contributed by atoms with Gasteiger partial charge in [0.1, 0.15) is 5.82 Å². The normalized spacial score (nSPS) is 29.3. The van der Waals surface area contributed by atoms with E-state index in [9.17, 15) is 9.18 Å². The maximum atomic E-state index is 14.0. The van der Waals surface area contributed by atoms with Crippen LogP contribution in [0.2, 0.25) is 0 Å². The zero-order valence-electron chi connectivity index (χ0n) is 11.8. The molecule has 0 amide bonds. The molecular weight excluding hydrogens is 273 g/mol. The van der Waals surface area contributed by atoms with Gasteiger partial charge in [0.2, 0.25) is 0 Å². The van der Waals surface area contributed by atoms with Crippen LogP contribution in [0.1, 0.15) is 24.4 Å². The van der Waals surface area contributed by atoms with Crippen LogP contribution in [0.5, 0.6) is 0 Å². The van der Waals surface area contributed by atoms with E-state index in [0.717, 1.165) is 19.5 Å². The maximum absolute atomic E-state index is 14.0. The third-order valence-corrected chi connectivity index (χ3v) is 4.48. The first kappa shape index (κ1) is 14.4. The highest BCUT2D eigenvalue weighted by atomic mass is 19.1. The minimum absolute atomic E-state index is 0.0659. The second-order valence-electron chi connectivity index (χ2n) is 5.79. The largest absolute Gasteiger partial charge is 0.481 e. The molecule has 0 saturated carbocycles. The van der Waals surface area contributed by atoms with Crippen molar-refractivity contribution in [1.29, 1.82) is 0 Å². The average molecular weight is 293 g/mol. The summed E-state index contributed by atoms with van der Waals surface area (Å²) in [6.45, 7) is 2.23. The van der Waals surface area contributed by atoms with Gasteiger partial charge in [-0.05, 0) is 19.0 Å². The average Bonchev–Trinajstić information content (AvgIpc) is 2.88. The number of nitrogens with one attached hydrogen (secondary N) is 2. The number of hydrogen-bond donors (Lipinski definition) is 3. The molecule has 3 rings (SSSR count). The first-order valence-electron chi connectivity index (χ1n) is 7.35. The lowest BCUT2D eigenvalue weighted by Gasteiger charge is -2.36. The second-order valence-corrected chi connectivity index (χ2v) is 5.79. The van der Waals surface area contributed by atoms with Gasteiger partial charge in [0.15, 0.2) is 0 Å². The molecule has 3 atom stereocenters. The molecule has 0 aromatic heterocycles. The van der Waals surface area contributed by atoms with Gasteiger partial charge in [-0.15, -0.1) is 0 Å². The summed E-state index contributed by atoms with van der Waals surface area (Å²) in [5, 5.41) is 8.80. The quantitative estimate of drug-likeness (QED) is 0.777. The summed E-state index contributed by atoms with van der Waals surface area (Å²) in [6, 6.07) is 7.08. The first-order valence-corrected chi connectivity index (χ1v) is 7.35. The van der Waals surface area contributed by atoms with E-state index in [0.29, 0.717) is 18.2 Å². The molecule has 0 spiro atoms. The molecule has 2 saturated heterocycles. The molecule has 0 aliphatic carbocycles. The van der Waals surface area contributed by atoms with Gasteiger partial charge in [-0.3, -0.25) is 10.2 Å². The fraction of sp³-hybridized carbons (Fsp3) is 0.533. The molecule has 3 unspecified atom stereocenters. The summed E-state index contributed by atoms with van der Waals surface area (Å²) < 4.78 is 14.0. The van der Waals surface area contributed by atoms with Crippen molar-refractivity contribution in [2.75, 3.05) is 19.6 Å². The van der Waals surface area contributed by atoms with Gasteiger partial charge in [0.25, 0.3) is 0 Å². The Bertz CT molecular complexity index is 525. The molecule has 2 fully saturated rings. The Morgan fingerprint density at radius 3 is 2.95 bits per heavy atom. The summed E-state index contributed by atoms with van der Waals surface area (Å²) >= 11 is 0. The maximum Gasteiger partial charge on any atom is 0.304 e. The molecule has 1 aromatic rings. The Morgan fingerprint density at radius 1 is 1.38 bits per heavy atom. The van der Waals surface area contributed by atoms with E-state index in [1.807, 2.05) is 12.1 Å². The number of halogens is 1. The van der Waals surface area contributed by atoms with E-state index in [4.69, 9.17) is 5.11 Å². The van der Waals surface area contributed by atoms with Gasteiger partial charge < -0.3 is 10.0 Å². The highest BCUT2D eigenvalue weighted by molar-refractivity contribution is 5.66. The number of aliphatic carboxylic acids is 1. The van der Waals surface area contributed by atoms with Crippen LogP contribution >= 0.6 is 0 Å². The molecule has 2 aliphatic rings. The van der Waals surface area contributed by atoms with Crippen LogP contribution in [0.3, 0.4) is 0 Å². The zero-order chi connectivity index (χ0) is 14.8. The molecule has 5 nitrogen and oxygen atoms in total. The number of carboxylic acid groups (broad SMARTS) is 1. The highest BCUT2D eigenvalue weighted by Crippen LogP contribution is 2.34. The predicted molar refractivity (Wildman–Crippen MR) is 76.0 cm³/mol. The predicted octanol–water partition coefficient (Wildman–Crippen LogP) is 1.14. The van der Waals surface area contributed by atoms with Crippen LogP contribution in [0.25, 0.3) is 0 Å². The number of hydrazine groups is 1. The first-order chi connectivity index (χ1) is 10.1. The van der Waals surface area contributed by atoms with Gasteiger partial charge in [0, 0.05) is 30.6 Å². The molecule has 3 N–H and O–H groups in total. The number of fused-ring (bicyclic) bond motifs is 1. The van der Waals surface area contributed by atoms with Crippen LogP contribution in [0.15, 0.2) is 24.3 Å². The monoisotopic (exact) mass is 293 g/mol. The van der Waals surface area contributed by atoms with Gasteiger partial charge in [-0.1, -0.05) is 18.2 Å². The molecule has 1 aromatic carbocycles. The third-order valence-electron chi connectivity index (χ3n) is 4.48. The van der Waals surface area contributed by atoms with E-state index in [1.165, 1.54) is 6.07 Å². The summed E-state index contributed by atoms with van der Waals surface area (Å²) in [5.41, 5.74) is 7.15. The van der Waals surface area contributed by atoms with Crippen LogP contribution in [-0.2, 0) is 4.79 Å². The fourth-order valence-electron chi connectivity index (χ4n) is 3.37. The molecule has 2 heterocycles. The summed E-state index contributed by atoms with van der Waals surface area (Å²) in [7, 11) is 0. The number of hydrogen-bond acceptors (Lipinski definition) is 4. The van der Waals surface area contributed by atoms with Gasteiger partial charge in [-0.2, -0.15) is 0 Å². The Morgan fingerprint density at radius 2 is 2.19 bits per heavy atom. The Labute approximate surface area is 123 Å². The van der Waals surface area contributed by atoms with Gasteiger partial charge in [-0.25, -0.2) is 9.82 Å². The zero-order valence-corrected chi connectivity index (χ0v) is 11.8. The summed E-state index contributed by atoms with van der Waals surface area (Å²) in [6.07, 6.45) is 1.10. The number of benzene rings is 1. The van der Waals surface area contributed by atoms with E-state index >= 15 is 0 Å². The van der Waals surface area contributed by atoms with Crippen molar-refractivity contribution in [3.63, 3.8) is 0 Å². The van der Waals surface area contributed by atoms with E-state index in [1.54, 1.807) is 6.07 Å². The molecular formula is C15H20FN3O2. The minimum atomic E-state index is -0.773. The fourth-order valence-corrected chi connectivity index (χ4v) is 3.37. The SMILES string of the molecule is O=C(O)CCN1CCC2NNC(c3ccccc3F)C2C1. The molecule has 6 heteroatoms. The second kappa shape index (κ2) is 6.09. The van der Waals surface area contributed by atoms with Gasteiger partial charge in [0.05, 0.1) is 12.5 Å².